The summed E-state index contributed by atoms with van der Waals surface area (Å²) in [6, 6.07) is 0. The molecule has 2 aliphatic carbocycles. The first-order valence-corrected chi connectivity index (χ1v) is 11.3. The molecule has 0 aliphatic heterocycles. The Balaban J connectivity index is 1.59. The lowest BCUT2D eigenvalue weighted by atomic mass is 9.78. The largest absolute Gasteiger partial charge is 0.0996 e. The SMILES string of the molecule is CCCCCC1CCC(C#CC2CCC(CCCCC)CC2)CC1. The van der Waals surface area contributed by atoms with Gasteiger partial charge >= 0.3 is 0 Å². The molecule has 0 heterocycles. The van der Waals surface area contributed by atoms with E-state index in [1.54, 1.807) is 0 Å². The highest BCUT2D eigenvalue weighted by atomic mass is 14.3. The molecule has 0 unspecified atom stereocenters. The van der Waals surface area contributed by atoms with Crippen molar-refractivity contribution in [3.63, 3.8) is 0 Å². The first kappa shape index (κ1) is 19.9. The highest BCUT2D eigenvalue weighted by Gasteiger charge is 2.21. The predicted octanol–water partition coefficient (Wildman–Crippen LogP) is 7.76. The summed E-state index contributed by atoms with van der Waals surface area (Å²) in [5, 5.41) is 0. The number of hydrogen-bond acceptors (Lipinski definition) is 0. The second kappa shape index (κ2) is 12.0. The molecule has 0 aromatic heterocycles. The van der Waals surface area contributed by atoms with Crippen molar-refractivity contribution in [3.05, 3.63) is 0 Å². The summed E-state index contributed by atoms with van der Waals surface area (Å²) < 4.78 is 0. The Kier molecular flexibility index (Phi) is 9.94. The molecule has 0 saturated heterocycles. The molecule has 2 saturated carbocycles. The van der Waals surface area contributed by atoms with Crippen LogP contribution in [0.25, 0.3) is 0 Å². The first-order valence-electron chi connectivity index (χ1n) is 11.3. The predicted molar refractivity (Wildman–Crippen MR) is 107 cm³/mol. The van der Waals surface area contributed by atoms with Crippen LogP contribution in [0, 0.1) is 35.5 Å². The minimum absolute atomic E-state index is 0.731. The molecular weight excluding hydrogens is 288 g/mol. The quantitative estimate of drug-likeness (QED) is 0.315. The fourth-order valence-electron chi connectivity index (χ4n) is 4.79. The first-order chi connectivity index (χ1) is 11.8. The minimum Gasteiger partial charge on any atom is -0.0996 e. The molecule has 0 N–H and O–H groups in total. The highest BCUT2D eigenvalue weighted by molar-refractivity contribution is 5.09. The zero-order valence-corrected chi connectivity index (χ0v) is 16.6. The molecule has 2 rings (SSSR count). The van der Waals surface area contributed by atoms with E-state index in [1.165, 1.54) is 103 Å². The smallest absolute Gasteiger partial charge is 0.0203 e. The summed E-state index contributed by atoms with van der Waals surface area (Å²) in [5.74, 6) is 10.9. The summed E-state index contributed by atoms with van der Waals surface area (Å²) in [7, 11) is 0. The standard InChI is InChI=1S/C24H42/c1-3-5-7-9-21-11-15-23(16-12-21)19-20-24-17-13-22(14-18-24)10-8-6-4-2/h21-24H,3-18H2,1-2H3. The van der Waals surface area contributed by atoms with Crippen LogP contribution in [-0.2, 0) is 0 Å². The van der Waals surface area contributed by atoms with Crippen molar-refractivity contribution in [2.75, 3.05) is 0 Å². The maximum Gasteiger partial charge on any atom is 0.0203 e. The fraction of sp³-hybridized carbons (Fsp3) is 0.917. The summed E-state index contributed by atoms with van der Waals surface area (Å²) in [6.07, 6.45) is 22.8. The van der Waals surface area contributed by atoms with E-state index in [1.807, 2.05) is 0 Å². The second-order valence-electron chi connectivity index (χ2n) is 8.72. The lowest BCUT2D eigenvalue weighted by Gasteiger charge is -2.27. The molecule has 138 valence electrons. The Bertz CT molecular complexity index is 321. The summed E-state index contributed by atoms with van der Waals surface area (Å²) in [5.41, 5.74) is 0. The van der Waals surface area contributed by atoms with Gasteiger partial charge in [0.15, 0.2) is 0 Å². The van der Waals surface area contributed by atoms with Gasteiger partial charge in [-0.3, -0.25) is 0 Å². The molecule has 0 nitrogen and oxygen atoms in total. The maximum absolute atomic E-state index is 3.70. The van der Waals surface area contributed by atoms with Crippen molar-refractivity contribution >= 4 is 0 Å². The van der Waals surface area contributed by atoms with E-state index in [2.05, 4.69) is 25.7 Å². The van der Waals surface area contributed by atoms with E-state index < -0.39 is 0 Å². The third-order valence-corrected chi connectivity index (χ3v) is 6.62. The normalized spacial score (nSPS) is 30.6. The third kappa shape index (κ3) is 7.63. The summed E-state index contributed by atoms with van der Waals surface area (Å²) in [6.45, 7) is 4.62. The number of rotatable bonds is 8. The van der Waals surface area contributed by atoms with Crippen LogP contribution in [0.3, 0.4) is 0 Å². The zero-order valence-electron chi connectivity index (χ0n) is 16.6. The molecule has 0 bridgehead atoms. The Morgan fingerprint density at radius 2 is 0.917 bits per heavy atom. The van der Waals surface area contributed by atoms with Crippen molar-refractivity contribution < 1.29 is 0 Å². The molecule has 0 spiro atoms. The van der Waals surface area contributed by atoms with Crippen LogP contribution < -0.4 is 0 Å². The second-order valence-corrected chi connectivity index (χ2v) is 8.72. The molecule has 2 fully saturated rings. The van der Waals surface area contributed by atoms with Gasteiger partial charge in [0.2, 0.25) is 0 Å². The van der Waals surface area contributed by atoms with Gasteiger partial charge in [-0.15, -0.1) is 0 Å². The number of unbranched alkanes of at least 4 members (excludes halogenated alkanes) is 4. The molecule has 0 aromatic rings. The Labute approximate surface area is 152 Å². The van der Waals surface area contributed by atoms with Gasteiger partial charge < -0.3 is 0 Å². The van der Waals surface area contributed by atoms with Crippen LogP contribution in [-0.4, -0.2) is 0 Å². The van der Waals surface area contributed by atoms with Crippen LogP contribution in [0.15, 0.2) is 0 Å². The van der Waals surface area contributed by atoms with Crippen LogP contribution in [0.2, 0.25) is 0 Å². The molecule has 0 radical (unpaired) electrons. The van der Waals surface area contributed by atoms with Gasteiger partial charge in [-0.2, -0.15) is 0 Å². The Morgan fingerprint density at radius 1 is 0.542 bits per heavy atom. The van der Waals surface area contributed by atoms with E-state index in [0.717, 1.165) is 23.7 Å². The van der Waals surface area contributed by atoms with E-state index in [9.17, 15) is 0 Å². The Morgan fingerprint density at radius 3 is 1.25 bits per heavy atom. The average Bonchev–Trinajstić information content (AvgIpc) is 2.63. The molecule has 0 aromatic carbocycles. The van der Waals surface area contributed by atoms with Crippen LogP contribution in [0.1, 0.15) is 117 Å². The lowest BCUT2D eigenvalue weighted by Crippen LogP contribution is -2.15. The lowest BCUT2D eigenvalue weighted by molar-refractivity contribution is 0.289. The monoisotopic (exact) mass is 330 g/mol. The van der Waals surface area contributed by atoms with Crippen molar-refractivity contribution in [1.29, 1.82) is 0 Å². The van der Waals surface area contributed by atoms with E-state index >= 15 is 0 Å². The van der Waals surface area contributed by atoms with Gasteiger partial charge in [0.25, 0.3) is 0 Å². The molecule has 2 aliphatic rings. The van der Waals surface area contributed by atoms with Gasteiger partial charge in [0.05, 0.1) is 0 Å². The van der Waals surface area contributed by atoms with Crippen molar-refractivity contribution in [1.82, 2.24) is 0 Å². The average molecular weight is 331 g/mol. The summed E-state index contributed by atoms with van der Waals surface area (Å²) >= 11 is 0. The number of hydrogen-bond donors (Lipinski definition) is 0. The van der Waals surface area contributed by atoms with Gasteiger partial charge in [-0.25, -0.2) is 0 Å². The van der Waals surface area contributed by atoms with Crippen molar-refractivity contribution in [2.45, 2.75) is 117 Å². The van der Waals surface area contributed by atoms with E-state index in [0.29, 0.717) is 0 Å². The molecular formula is C24H42. The summed E-state index contributed by atoms with van der Waals surface area (Å²) in [4.78, 5) is 0. The topological polar surface area (TPSA) is 0 Å². The molecule has 0 amide bonds. The van der Waals surface area contributed by atoms with Crippen molar-refractivity contribution in [2.24, 2.45) is 23.7 Å². The van der Waals surface area contributed by atoms with Crippen LogP contribution in [0.4, 0.5) is 0 Å². The fourth-order valence-corrected chi connectivity index (χ4v) is 4.79. The Hall–Kier alpha value is -0.440. The zero-order chi connectivity index (χ0) is 17.0. The van der Waals surface area contributed by atoms with Gasteiger partial charge in [0, 0.05) is 11.8 Å². The third-order valence-electron chi connectivity index (χ3n) is 6.62. The van der Waals surface area contributed by atoms with Crippen molar-refractivity contribution in [3.8, 4) is 11.8 Å². The van der Waals surface area contributed by atoms with Gasteiger partial charge in [-0.05, 0) is 63.2 Å². The molecule has 0 atom stereocenters. The van der Waals surface area contributed by atoms with Gasteiger partial charge in [0.1, 0.15) is 0 Å². The van der Waals surface area contributed by atoms with Crippen LogP contribution >= 0.6 is 0 Å². The molecule has 24 heavy (non-hydrogen) atoms. The van der Waals surface area contributed by atoms with E-state index in [4.69, 9.17) is 0 Å². The highest BCUT2D eigenvalue weighted by Crippen LogP contribution is 2.33. The van der Waals surface area contributed by atoms with Crippen LogP contribution in [0.5, 0.6) is 0 Å². The maximum atomic E-state index is 3.70. The minimum atomic E-state index is 0.731. The van der Waals surface area contributed by atoms with Gasteiger partial charge in [-0.1, -0.05) is 77.1 Å². The molecule has 0 heteroatoms. The van der Waals surface area contributed by atoms with E-state index in [-0.39, 0.29) is 0 Å².